The summed E-state index contributed by atoms with van der Waals surface area (Å²) in [5.74, 6) is 0. The molecule has 7 heavy (non-hydrogen) atoms. The molecule has 0 saturated carbocycles. The van der Waals surface area contributed by atoms with Gasteiger partial charge >= 0.3 is 0 Å². The van der Waals surface area contributed by atoms with Gasteiger partial charge in [0.25, 0.3) is 0 Å². The molecule has 1 heterocycles. The molecule has 0 bridgehead atoms. The third kappa shape index (κ3) is 0.778. The molecule has 0 aromatic rings. The Morgan fingerprint density at radius 3 is 3.14 bits per heavy atom. The number of hydrogen-bond acceptors (Lipinski definition) is 2. The Morgan fingerprint density at radius 1 is 2.00 bits per heavy atom. The first-order chi connectivity index (χ1) is 3.43. The summed E-state index contributed by atoms with van der Waals surface area (Å²) in [7, 11) is 0. The van der Waals surface area contributed by atoms with Gasteiger partial charge in [-0.1, -0.05) is 6.08 Å². The minimum absolute atomic E-state index is 0.569. The summed E-state index contributed by atoms with van der Waals surface area (Å²) in [6.45, 7) is 0.619. The minimum Gasteiger partial charge on any atom is -0.568 e. The number of aldehydes is 1. The Kier molecular flexibility index (Phi) is 1.08. The largest absolute Gasteiger partial charge is 0.568 e. The summed E-state index contributed by atoms with van der Waals surface area (Å²) < 4.78 is 0. The van der Waals surface area contributed by atoms with Gasteiger partial charge in [-0.2, -0.15) is 0 Å². The van der Waals surface area contributed by atoms with Crippen LogP contribution in [0, 0.1) is 0 Å². The van der Waals surface area contributed by atoms with E-state index in [0.717, 1.165) is 6.29 Å². The zero-order valence-electron chi connectivity index (χ0n) is 3.72. The predicted octanol–water partition coefficient (Wildman–Crippen LogP) is -0.0389. The lowest BCUT2D eigenvalue weighted by Gasteiger charge is -2.09. The Balaban J connectivity index is 2.51. The highest BCUT2D eigenvalue weighted by Crippen LogP contribution is 1.96. The van der Waals surface area contributed by atoms with Crippen LogP contribution in [0.25, 0.3) is 5.43 Å². The average molecular weight is 97.1 g/mol. The lowest BCUT2D eigenvalue weighted by Crippen LogP contribution is -2.00. The summed E-state index contributed by atoms with van der Waals surface area (Å²) in [6.07, 6.45) is 2.48. The third-order valence-electron chi connectivity index (χ3n) is 0.738. The molecule has 1 aliphatic heterocycles. The predicted molar refractivity (Wildman–Crippen MR) is 25.5 cm³/mol. The fraction of sp³-hybridized carbons (Fsp3) is 0.250. The van der Waals surface area contributed by atoms with Crippen molar-refractivity contribution in [2.45, 2.75) is 0 Å². The van der Waals surface area contributed by atoms with Crippen LogP contribution in [-0.4, -0.2) is 12.8 Å². The number of nitrogens with one attached hydrogen (secondary N) is 1. The van der Waals surface area contributed by atoms with E-state index in [9.17, 15) is 4.79 Å². The number of carbonyl (C=O) groups is 1. The Bertz CT molecular complexity index is 108. The first-order valence-corrected chi connectivity index (χ1v) is 2.01. The van der Waals surface area contributed by atoms with E-state index in [4.69, 9.17) is 0 Å². The smallest absolute Gasteiger partial charge is 0.164 e. The van der Waals surface area contributed by atoms with E-state index < -0.39 is 0 Å². The zero-order chi connectivity index (χ0) is 5.11. The van der Waals surface area contributed by atoms with Crippen molar-refractivity contribution < 1.29 is 4.79 Å². The van der Waals surface area contributed by atoms with Gasteiger partial charge in [0, 0.05) is 0 Å². The second kappa shape index (κ2) is 1.75. The van der Waals surface area contributed by atoms with Crippen LogP contribution in [0.5, 0.6) is 0 Å². The summed E-state index contributed by atoms with van der Waals surface area (Å²) in [5, 5.41) is 0. The van der Waals surface area contributed by atoms with Crippen LogP contribution in [0.2, 0.25) is 0 Å². The van der Waals surface area contributed by atoms with Gasteiger partial charge in [0.05, 0.1) is 5.70 Å². The maximum atomic E-state index is 9.82. The normalized spacial score (nSPS) is 18.0. The van der Waals surface area contributed by atoms with E-state index in [-0.39, 0.29) is 0 Å². The lowest BCUT2D eigenvalue weighted by molar-refractivity contribution is -0.105. The lowest BCUT2D eigenvalue weighted by atomic mass is 10.5. The highest BCUT2D eigenvalue weighted by atomic mass is 16.1. The second-order valence-corrected chi connectivity index (χ2v) is 1.23. The average Bonchev–Trinajstić information content (AvgIpc) is 2.14. The van der Waals surface area contributed by atoms with Crippen LogP contribution in [0.4, 0.5) is 0 Å². The Hall–Kier alpha value is -0.830. The van der Waals surface area contributed by atoms with Gasteiger partial charge in [-0.15, -0.1) is 6.54 Å². The quantitative estimate of drug-likeness (QED) is 0.466. The van der Waals surface area contributed by atoms with Gasteiger partial charge in [-0.25, -0.2) is 0 Å². The van der Waals surface area contributed by atoms with E-state index in [1.165, 1.54) is 0 Å². The van der Waals surface area contributed by atoms with Crippen molar-refractivity contribution in [3.8, 4) is 0 Å². The SMILES string of the molecule is O=CC1=CC[N-]N1. The molecule has 0 amide bonds. The van der Waals surface area contributed by atoms with E-state index >= 15 is 0 Å². The fourth-order valence-corrected chi connectivity index (χ4v) is 0.401. The molecule has 0 aromatic carbocycles. The van der Waals surface area contributed by atoms with Crippen molar-refractivity contribution in [1.82, 2.24) is 5.43 Å². The molecule has 1 rings (SSSR count). The highest BCUT2D eigenvalue weighted by Gasteiger charge is 1.86. The summed E-state index contributed by atoms with van der Waals surface area (Å²) in [6, 6.07) is 0. The van der Waals surface area contributed by atoms with Crippen LogP contribution >= 0.6 is 0 Å². The first-order valence-electron chi connectivity index (χ1n) is 2.01. The van der Waals surface area contributed by atoms with E-state index in [2.05, 4.69) is 10.9 Å². The molecular formula is C4H5N2O-. The molecule has 0 atom stereocenters. The molecule has 0 aliphatic carbocycles. The van der Waals surface area contributed by atoms with E-state index in [1.54, 1.807) is 6.08 Å². The van der Waals surface area contributed by atoms with Crippen LogP contribution in [0.3, 0.4) is 0 Å². The van der Waals surface area contributed by atoms with Gasteiger partial charge in [0.1, 0.15) is 0 Å². The van der Waals surface area contributed by atoms with Crippen LogP contribution in [0.1, 0.15) is 0 Å². The molecule has 0 unspecified atom stereocenters. The standard InChI is InChI=1S/C4H5N2O/c7-3-4-1-2-5-6-4/h1,3,6H,2H2/q-1. The molecule has 38 valence electrons. The van der Waals surface area contributed by atoms with Gasteiger partial charge in [0.2, 0.25) is 0 Å². The van der Waals surface area contributed by atoms with Gasteiger partial charge in [-0.3, -0.25) is 4.79 Å². The Labute approximate surface area is 41.4 Å². The van der Waals surface area contributed by atoms with Gasteiger partial charge in [-0.05, 0) is 0 Å². The number of hydrogen-bond donors (Lipinski definition) is 1. The van der Waals surface area contributed by atoms with E-state index in [0.29, 0.717) is 12.2 Å². The molecule has 0 fully saturated rings. The molecule has 0 radical (unpaired) electrons. The van der Waals surface area contributed by atoms with Crippen molar-refractivity contribution in [3.63, 3.8) is 0 Å². The van der Waals surface area contributed by atoms with Crippen molar-refractivity contribution in [2.24, 2.45) is 0 Å². The monoisotopic (exact) mass is 97.0 g/mol. The molecule has 3 nitrogen and oxygen atoms in total. The topological polar surface area (TPSA) is 43.2 Å². The maximum Gasteiger partial charge on any atom is 0.164 e. The molecule has 0 spiro atoms. The Morgan fingerprint density at radius 2 is 2.86 bits per heavy atom. The summed E-state index contributed by atoms with van der Waals surface area (Å²) >= 11 is 0. The fourth-order valence-electron chi connectivity index (χ4n) is 0.401. The molecule has 1 aliphatic rings. The number of rotatable bonds is 1. The maximum absolute atomic E-state index is 9.82. The first kappa shape index (κ1) is 4.33. The molecule has 1 N–H and O–H groups in total. The minimum atomic E-state index is 0.569. The molecule has 0 aromatic heterocycles. The summed E-state index contributed by atoms with van der Waals surface area (Å²) in [4.78, 5) is 9.82. The number of carbonyl (C=O) groups excluding carboxylic acids is 1. The number of nitrogens with zero attached hydrogens (tertiary/aromatic N) is 1. The third-order valence-corrected chi connectivity index (χ3v) is 0.738. The van der Waals surface area contributed by atoms with Crippen molar-refractivity contribution in [3.05, 3.63) is 17.2 Å². The molecule has 0 saturated heterocycles. The number of allylic oxidation sites excluding steroid dienone is 1. The van der Waals surface area contributed by atoms with E-state index in [1.807, 2.05) is 0 Å². The summed E-state index contributed by atoms with van der Waals surface area (Å²) in [5.41, 5.74) is 6.76. The van der Waals surface area contributed by atoms with Gasteiger partial charge in [0.15, 0.2) is 6.29 Å². The van der Waals surface area contributed by atoms with Crippen molar-refractivity contribution in [2.75, 3.05) is 6.54 Å². The highest BCUT2D eigenvalue weighted by molar-refractivity contribution is 5.73. The van der Waals surface area contributed by atoms with Gasteiger partial charge < -0.3 is 10.9 Å². The molecular weight excluding hydrogens is 92.1 g/mol. The zero-order valence-corrected chi connectivity index (χ0v) is 3.72. The second-order valence-electron chi connectivity index (χ2n) is 1.23. The van der Waals surface area contributed by atoms with Crippen LogP contribution in [-0.2, 0) is 4.79 Å². The molecule has 3 heteroatoms. The van der Waals surface area contributed by atoms with Crippen molar-refractivity contribution >= 4 is 6.29 Å². The van der Waals surface area contributed by atoms with Crippen LogP contribution in [0.15, 0.2) is 11.8 Å². The van der Waals surface area contributed by atoms with Crippen molar-refractivity contribution in [1.29, 1.82) is 0 Å². The van der Waals surface area contributed by atoms with Crippen LogP contribution < -0.4 is 5.43 Å².